The Morgan fingerprint density at radius 1 is 1.22 bits per heavy atom. The second-order valence-corrected chi connectivity index (χ2v) is 6.04. The molecule has 0 aromatic heterocycles. The fraction of sp³-hybridized carbons (Fsp3) is 0.600. The van der Waals surface area contributed by atoms with E-state index in [1.807, 2.05) is 12.1 Å². The van der Waals surface area contributed by atoms with Gasteiger partial charge in [0.2, 0.25) is 0 Å². The SMILES string of the molecule is Cc1cccc(Cl)c1N1CCCC(NC2CC2)C1. The van der Waals surface area contributed by atoms with Crippen molar-refractivity contribution in [3.8, 4) is 0 Å². The number of hydrogen-bond acceptors (Lipinski definition) is 2. The second kappa shape index (κ2) is 5.10. The third-order valence-corrected chi connectivity index (χ3v) is 4.28. The van der Waals surface area contributed by atoms with Crippen molar-refractivity contribution in [3.05, 3.63) is 28.8 Å². The van der Waals surface area contributed by atoms with Crippen LogP contribution >= 0.6 is 11.6 Å². The summed E-state index contributed by atoms with van der Waals surface area (Å²) in [4.78, 5) is 2.46. The van der Waals surface area contributed by atoms with Crippen molar-refractivity contribution in [1.29, 1.82) is 0 Å². The first-order chi connectivity index (χ1) is 8.74. The Labute approximate surface area is 114 Å². The van der Waals surface area contributed by atoms with E-state index in [2.05, 4.69) is 23.2 Å². The molecule has 18 heavy (non-hydrogen) atoms. The van der Waals surface area contributed by atoms with Gasteiger partial charge in [-0.15, -0.1) is 0 Å². The van der Waals surface area contributed by atoms with E-state index in [1.165, 1.54) is 36.9 Å². The van der Waals surface area contributed by atoms with Crippen LogP contribution in [0.25, 0.3) is 0 Å². The highest BCUT2D eigenvalue weighted by atomic mass is 35.5. The molecule has 0 radical (unpaired) electrons. The predicted molar refractivity (Wildman–Crippen MR) is 77.6 cm³/mol. The molecule has 1 aliphatic heterocycles. The van der Waals surface area contributed by atoms with Crippen LogP contribution in [0.5, 0.6) is 0 Å². The van der Waals surface area contributed by atoms with E-state index in [-0.39, 0.29) is 0 Å². The maximum Gasteiger partial charge on any atom is 0.0642 e. The van der Waals surface area contributed by atoms with E-state index in [9.17, 15) is 0 Å². The summed E-state index contributed by atoms with van der Waals surface area (Å²) < 4.78 is 0. The van der Waals surface area contributed by atoms with E-state index in [4.69, 9.17) is 11.6 Å². The molecule has 1 heterocycles. The highest BCUT2D eigenvalue weighted by Crippen LogP contribution is 2.32. The molecule has 3 rings (SSSR count). The molecule has 1 saturated carbocycles. The fourth-order valence-corrected chi connectivity index (χ4v) is 3.26. The zero-order valence-electron chi connectivity index (χ0n) is 11.0. The lowest BCUT2D eigenvalue weighted by molar-refractivity contribution is 0.420. The molecule has 3 heteroatoms. The average Bonchev–Trinajstić information content (AvgIpc) is 3.13. The van der Waals surface area contributed by atoms with Crippen molar-refractivity contribution < 1.29 is 0 Å². The summed E-state index contributed by atoms with van der Waals surface area (Å²) in [5.74, 6) is 0. The lowest BCUT2D eigenvalue weighted by atomic mass is 10.0. The first-order valence-corrected chi connectivity index (χ1v) is 7.38. The summed E-state index contributed by atoms with van der Waals surface area (Å²) in [5, 5.41) is 4.64. The summed E-state index contributed by atoms with van der Waals surface area (Å²) in [6.07, 6.45) is 5.29. The Hall–Kier alpha value is -0.730. The smallest absolute Gasteiger partial charge is 0.0642 e. The lowest BCUT2D eigenvalue weighted by Crippen LogP contribution is -2.46. The Balaban J connectivity index is 1.74. The number of aryl methyl sites for hydroxylation is 1. The maximum atomic E-state index is 6.37. The molecule has 1 aliphatic carbocycles. The normalized spacial score (nSPS) is 24.3. The number of rotatable bonds is 3. The number of nitrogens with one attached hydrogen (secondary N) is 1. The van der Waals surface area contributed by atoms with E-state index in [0.29, 0.717) is 6.04 Å². The minimum Gasteiger partial charge on any atom is -0.369 e. The predicted octanol–water partition coefficient (Wildman–Crippen LogP) is 3.37. The van der Waals surface area contributed by atoms with Gasteiger partial charge in [0.1, 0.15) is 0 Å². The second-order valence-electron chi connectivity index (χ2n) is 5.63. The van der Waals surface area contributed by atoms with Crippen molar-refractivity contribution in [2.24, 2.45) is 0 Å². The van der Waals surface area contributed by atoms with Crippen molar-refractivity contribution in [2.75, 3.05) is 18.0 Å². The molecule has 2 aliphatic rings. The van der Waals surface area contributed by atoms with Gasteiger partial charge >= 0.3 is 0 Å². The van der Waals surface area contributed by atoms with Gasteiger partial charge in [0.05, 0.1) is 10.7 Å². The lowest BCUT2D eigenvalue weighted by Gasteiger charge is -2.36. The molecule has 0 spiro atoms. The highest BCUT2D eigenvalue weighted by molar-refractivity contribution is 6.33. The van der Waals surface area contributed by atoms with E-state index < -0.39 is 0 Å². The van der Waals surface area contributed by atoms with Crippen LogP contribution in [0.15, 0.2) is 18.2 Å². The van der Waals surface area contributed by atoms with Gasteiger partial charge in [-0.3, -0.25) is 0 Å². The van der Waals surface area contributed by atoms with Crippen LogP contribution in [0.2, 0.25) is 5.02 Å². The van der Waals surface area contributed by atoms with Gasteiger partial charge in [-0.05, 0) is 44.2 Å². The Bertz CT molecular complexity index is 408. The summed E-state index contributed by atoms with van der Waals surface area (Å²) >= 11 is 6.37. The third kappa shape index (κ3) is 2.65. The summed E-state index contributed by atoms with van der Waals surface area (Å²) in [6.45, 7) is 4.38. The molecule has 0 amide bonds. The van der Waals surface area contributed by atoms with Crippen molar-refractivity contribution in [2.45, 2.75) is 44.7 Å². The highest BCUT2D eigenvalue weighted by Gasteiger charge is 2.28. The number of hydrogen-bond donors (Lipinski definition) is 1. The molecule has 2 fully saturated rings. The molecule has 1 atom stereocenters. The van der Waals surface area contributed by atoms with Crippen molar-refractivity contribution in [1.82, 2.24) is 5.32 Å². The quantitative estimate of drug-likeness (QED) is 0.901. The van der Waals surface area contributed by atoms with E-state index in [1.54, 1.807) is 0 Å². The topological polar surface area (TPSA) is 15.3 Å². The first-order valence-electron chi connectivity index (χ1n) is 7.00. The van der Waals surface area contributed by atoms with Gasteiger partial charge in [-0.25, -0.2) is 0 Å². The maximum absolute atomic E-state index is 6.37. The van der Waals surface area contributed by atoms with Crippen LogP contribution in [0.4, 0.5) is 5.69 Å². The van der Waals surface area contributed by atoms with Crippen LogP contribution in [0.3, 0.4) is 0 Å². The van der Waals surface area contributed by atoms with Crippen LogP contribution in [-0.2, 0) is 0 Å². The molecule has 1 saturated heterocycles. The zero-order valence-corrected chi connectivity index (χ0v) is 11.7. The van der Waals surface area contributed by atoms with Crippen LogP contribution in [0.1, 0.15) is 31.2 Å². The first kappa shape index (κ1) is 12.3. The van der Waals surface area contributed by atoms with Crippen LogP contribution < -0.4 is 10.2 Å². The number of halogens is 1. The molecule has 1 aromatic rings. The standard InChI is InChI=1S/C15H21ClN2/c1-11-4-2-6-14(16)15(11)18-9-3-5-13(10-18)17-12-7-8-12/h2,4,6,12-13,17H,3,5,7-10H2,1H3. The van der Waals surface area contributed by atoms with Gasteiger partial charge in [0.15, 0.2) is 0 Å². The summed E-state index contributed by atoms with van der Waals surface area (Å²) in [6, 6.07) is 7.62. The Morgan fingerprint density at radius 2 is 2.06 bits per heavy atom. The number of piperidine rings is 1. The van der Waals surface area contributed by atoms with E-state index in [0.717, 1.165) is 24.2 Å². The number of anilines is 1. The minimum absolute atomic E-state index is 0.641. The van der Waals surface area contributed by atoms with Crippen LogP contribution in [-0.4, -0.2) is 25.2 Å². The summed E-state index contributed by atoms with van der Waals surface area (Å²) in [7, 11) is 0. The molecule has 1 N–H and O–H groups in total. The van der Waals surface area contributed by atoms with Gasteiger partial charge in [0, 0.05) is 25.2 Å². The molecule has 98 valence electrons. The van der Waals surface area contributed by atoms with Gasteiger partial charge in [-0.1, -0.05) is 23.7 Å². The number of benzene rings is 1. The van der Waals surface area contributed by atoms with Gasteiger partial charge < -0.3 is 10.2 Å². The minimum atomic E-state index is 0.641. The monoisotopic (exact) mass is 264 g/mol. The Morgan fingerprint density at radius 3 is 2.78 bits per heavy atom. The fourth-order valence-electron chi connectivity index (χ4n) is 2.92. The Kier molecular flexibility index (Phi) is 3.49. The van der Waals surface area contributed by atoms with Crippen molar-refractivity contribution >= 4 is 17.3 Å². The molecule has 0 bridgehead atoms. The van der Waals surface area contributed by atoms with E-state index >= 15 is 0 Å². The van der Waals surface area contributed by atoms with Gasteiger partial charge in [-0.2, -0.15) is 0 Å². The zero-order chi connectivity index (χ0) is 12.5. The van der Waals surface area contributed by atoms with Crippen LogP contribution in [0, 0.1) is 6.92 Å². The molecule has 2 nitrogen and oxygen atoms in total. The summed E-state index contributed by atoms with van der Waals surface area (Å²) in [5.41, 5.74) is 2.52. The molecule has 1 aromatic carbocycles. The van der Waals surface area contributed by atoms with Gasteiger partial charge in [0.25, 0.3) is 0 Å². The van der Waals surface area contributed by atoms with Crippen molar-refractivity contribution in [3.63, 3.8) is 0 Å². The third-order valence-electron chi connectivity index (χ3n) is 3.97. The number of nitrogens with zero attached hydrogens (tertiary/aromatic N) is 1. The average molecular weight is 265 g/mol. The molecular weight excluding hydrogens is 244 g/mol. The largest absolute Gasteiger partial charge is 0.369 e. The molecule has 1 unspecified atom stereocenters. The number of para-hydroxylation sites is 1. The molecular formula is C15H21ClN2.